The summed E-state index contributed by atoms with van der Waals surface area (Å²) in [5.41, 5.74) is 3.03. The van der Waals surface area contributed by atoms with E-state index in [1.165, 1.54) is 6.26 Å². The van der Waals surface area contributed by atoms with Crippen molar-refractivity contribution < 1.29 is 12.8 Å². The van der Waals surface area contributed by atoms with Crippen LogP contribution in [0.5, 0.6) is 0 Å². The zero-order chi connectivity index (χ0) is 16.3. The lowest BCUT2D eigenvalue weighted by atomic mass is 10.1. The van der Waals surface area contributed by atoms with E-state index in [4.69, 9.17) is 4.42 Å². The van der Waals surface area contributed by atoms with Crippen LogP contribution >= 0.6 is 0 Å². The summed E-state index contributed by atoms with van der Waals surface area (Å²) in [5.74, 6) is 0.981. The van der Waals surface area contributed by atoms with E-state index >= 15 is 0 Å². The summed E-state index contributed by atoms with van der Waals surface area (Å²) in [4.78, 5) is 0. The van der Waals surface area contributed by atoms with Crippen molar-refractivity contribution >= 4 is 9.84 Å². The van der Waals surface area contributed by atoms with Crippen molar-refractivity contribution in [2.45, 2.75) is 39.9 Å². The smallest absolute Gasteiger partial charge is 0.149 e. The molecule has 122 valence electrons. The first-order chi connectivity index (χ1) is 10.3. The average molecular weight is 325 g/mol. The Kier molecular flexibility index (Phi) is 5.08. The van der Waals surface area contributed by atoms with E-state index < -0.39 is 9.84 Å². The largest absolute Gasteiger partial charge is 0.468 e. The van der Waals surface area contributed by atoms with Crippen LogP contribution in [0.4, 0.5) is 0 Å². The molecule has 6 nitrogen and oxygen atoms in total. The standard InChI is InChI=1S/C15H23N3O3S/c1-11(16-10-14-6-5-8-21-14)15-12(2)17-18(13(15)3)7-9-22(4,19)20/h5-6,8,11,16H,7,9-10H2,1-4H3. The van der Waals surface area contributed by atoms with E-state index in [1.54, 1.807) is 10.9 Å². The number of nitrogens with one attached hydrogen (secondary N) is 1. The molecule has 2 rings (SSSR count). The quantitative estimate of drug-likeness (QED) is 0.842. The summed E-state index contributed by atoms with van der Waals surface area (Å²) in [6, 6.07) is 3.90. The van der Waals surface area contributed by atoms with Gasteiger partial charge in [-0.05, 0) is 32.9 Å². The van der Waals surface area contributed by atoms with Crippen LogP contribution in [0.3, 0.4) is 0 Å². The molecule has 0 amide bonds. The van der Waals surface area contributed by atoms with Gasteiger partial charge in [0.25, 0.3) is 0 Å². The van der Waals surface area contributed by atoms with E-state index in [1.807, 2.05) is 26.0 Å². The molecule has 1 N–H and O–H groups in total. The van der Waals surface area contributed by atoms with E-state index in [2.05, 4.69) is 17.3 Å². The van der Waals surface area contributed by atoms with Crippen molar-refractivity contribution in [3.05, 3.63) is 41.1 Å². The van der Waals surface area contributed by atoms with Gasteiger partial charge in [-0.1, -0.05) is 0 Å². The number of aromatic nitrogens is 2. The van der Waals surface area contributed by atoms with Gasteiger partial charge in [0.15, 0.2) is 0 Å². The summed E-state index contributed by atoms with van der Waals surface area (Å²) in [7, 11) is -2.99. The minimum absolute atomic E-state index is 0.0998. The van der Waals surface area contributed by atoms with Crippen molar-refractivity contribution in [1.29, 1.82) is 0 Å². The van der Waals surface area contributed by atoms with Gasteiger partial charge in [0.1, 0.15) is 15.6 Å². The molecule has 1 unspecified atom stereocenters. The minimum atomic E-state index is -2.99. The summed E-state index contributed by atoms with van der Waals surface area (Å²) in [5, 5.41) is 7.87. The molecule has 0 aliphatic heterocycles. The van der Waals surface area contributed by atoms with Gasteiger partial charge in [0.05, 0.1) is 30.8 Å². The SMILES string of the molecule is Cc1nn(CCS(C)(=O)=O)c(C)c1C(C)NCc1ccco1. The van der Waals surface area contributed by atoms with Gasteiger partial charge in [-0.25, -0.2) is 8.42 Å². The molecule has 2 heterocycles. The maximum atomic E-state index is 11.3. The molecule has 0 saturated heterocycles. The Morgan fingerprint density at radius 1 is 1.41 bits per heavy atom. The van der Waals surface area contributed by atoms with E-state index in [0.717, 1.165) is 22.7 Å². The van der Waals surface area contributed by atoms with Crippen molar-refractivity contribution in [1.82, 2.24) is 15.1 Å². The Balaban J connectivity index is 2.08. The highest BCUT2D eigenvalue weighted by Gasteiger charge is 2.18. The maximum absolute atomic E-state index is 11.3. The van der Waals surface area contributed by atoms with E-state index in [0.29, 0.717) is 13.1 Å². The predicted molar refractivity (Wildman–Crippen MR) is 85.4 cm³/mol. The van der Waals surface area contributed by atoms with Crippen molar-refractivity contribution in [2.75, 3.05) is 12.0 Å². The number of hydrogen-bond acceptors (Lipinski definition) is 5. The van der Waals surface area contributed by atoms with Gasteiger partial charge < -0.3 is 9.73 Å². The van der Waals surface area contributed by atoms with Crippen molar-refractivity contribution in [3.8, 4) is 0 Å². The second kappa shape index (κ2) is 6.66. The van der Waals surface area contributed by atoms with Crippen LogP contribution < -0.4 is 5.32 Å². The monoisotopic (exact) mass is 325 g/mol. The van der Waals surface area contributed by atoms with Crippen LogP contribution in [0.15, 0.2) is 22.8 Å². The Labute approximate surface area is 131 Å². The molecular weight excluding hydrogens is 302 g/mol. The van der Waals surface area contributed by atoms with Crippen LogP contribution in [-0.2, 0) is 22.9 Å². The minimum Gasteiger partial charge on any atom is -0.468 e. The summed E-state index contributed by atoms with van der Waals surface area (Å²) in [6.07, 6.45) is 2.90. The van der Waals surface area contributed by atoms with Crippen LogP contribution in [0.25, 0.3) is 0 Å². The second-order valence-corrected chi connectivity index (χ2v) is 7.88. The van der Waals surface area contributed by atoms with Crippen molar-refractivity contribution in [3.63, 3.8) is 0 Å². The van der Waals surface area contributed by atoms with Crippen LogP contribution in [0.1, 0.15) is 35.7 Å². The zero-order valence-corrected chi connectivity index (χ0v) is 14.3. The maximum Gasteiger partial charge on any atom is 0.149 e. The van der Waals surface area contributed by atoms with Gasteiger partial charge in [-0.15, -0.1) is 0 Å². The third-order valence-corrected chi connectivity index (χ3v) is 4.63. The number of aryl methyl sites for hydroxylation is 2. The third-order valence-electron chi connectivity index (χ3n) is 3.71. The van der Waals surface area contributed by atoms with Gasteiger partial charge in [-0.2, -0.15) is 5.10 Å². The number of sulfone groups is 1. The molecule has 0 bridgehead atoms. The van der Waals surface area contributed by atoms with Crippen LogP contribution in [0, 0.1) is 13.8 Å². The summed E-state index contributed by atoms with van der Waals surface area (Å²) in [6.45, 7) is 7.02. The third kappa shape index (κ3) is 4.20. The fourth-order valence-electron chi connectivity index (χ4n) is 2.58. The van der Waals surface area contributed by atoms with E-state index in [-0.39, 0.29) is 11.8 Å². The normalized spacial score (nSPS) is 13.5. The lowest BCUT2D eigenvalue weighted by Crippen LogP contribution is -2.19. The topological polar surface area (TPSA) is 77.1 Å². The summed E-state index contributed by atoms with van der Waals surface area (Å²) >= 11 is 0. The number of nitrogens with zero attached hydrogens (tertiary/aromatic N) is 2. The highest BCUT2D eigenvalue weighted by molar-refractivity contribution is 7.90. The number of furan rings is 1. The fraction of sp³-hybridized carbons (Fsp3) is 0.533. The molecule has 0 spiro atoms. The Bertz CT molecular complexity index is 718. The Morgan fingerprint density at radius 3 is 2.73 bits per heavy atom. The molecule has 0 aliphatic rings. The predicted octanol–water partition coefficient (Wildman–Crippen LogP) is 1.99. The first-order valence-electron chi connectivity index (χ1n) is 7.25. The molecular formula is C15H23N3O3S. The second-order valence-electron chi connectivity index (χ2n) is 5.62. The summed E-state index contributed by atoms with van der Waals surface area (Å²) < 4.78 is 29.7. The Morgan fingerprint density at radius 2 is 2.14 bits per heavy atom. The first-order valence-corrected chi connectivity index (χ1v) is 9.31. The highest BCUT2D eigenvalue weighted by atomic mass is 32.2. The molecule has 0 aliphatic carbocycles. The first kappa shape index (κ1) is 16.8. The molecule has 7 heteroatoms. The van der Waals surface area contributed by atoms with E-state index in [9.17, 15) is 8.42 Å². The lowest BCUT2D eigenvalue weighted by Gasteiger charge is -2.14. The number of rotatable bonds is 7. The van der Waals surface area contributed by atoms with Gasteiger partial charge in [0.2, 0.25) is 0 Å². The molecule has 0 fully saturated rings. The molecule has 22 heavy (non-hydrogen) atoms. The molecule has 2 aromatic rings. The Hall–Kier alpha value is -1.60. The molecule has 0 aromatic carbocycles. The lowest BCUT2D eigenvalue weighted by molar-refractivity contribution is 0.459. The zero-order valence-electron chi connectivity index (χ0n) is 13.5. The highest BCUT2D eigenvalue weighted by Crippen LogP contribution is 2.22. The molecule has 1 atom stereocenters. The molecule has 0 radical (unpaired) electrons. The number of hydrogen-bond donors (Lipinski definition) is 1. The van der Waals surface area contributed by atoms with Gasteiger partial charge in [0, 0.05) is 23.6 Å². The fourth-order valence-corrected chi connectivity index (χ4v) is 3.08. The van der Waals surface area contributed by atoms with Gasteiger partial charge >= 0.3 is 0 Å². The van der Waals surface area contributed by atoms with Gasteiger partial charge in [-0.3, -0.25) is 4.68 Å². The average Bonchev–Trinajstić information content (AvgIpc) is 3.01. The van der Waals surface area contributed by atoms with Crippen molar-refractivity contribution in [2.24, 2.45) is 0 Å². The van der Waals surface area contributed by atoms with Crippen LogP contribution in [-0.4, -0.2) is 30.2 Å². The van der Waals surface area contributed by atoms with Crippen LogP contribution in [0.2, 0.25) is 0 Å². The molecule has 2 aromatic heterocycles. The molecule has 0 saturated carbocycles.